The van der Waals surface area contributed by atoms with E-state index in [1.807, 2.05) is 6.42 Å². The first-order valence-electron chi connectivity index (χ1n) is 1.74. The topological polar surface area (TPSA) is 12.0 Å². The van der Waals surface area contributed by atoms with Crippen LogP contribution >= 0.6 is 23.5 Å². The first-order chi connectivity index (χ1) is 2.89. The van der Waals surface area contributed by atoms with Crippen LogP contribution in [-0.2, 0) is 0 Å². The van der Waals surface area contributed by atoms with Crippen LogP contribution in [0.5, 0.6) is 0 Å². The average Bonchev–Trinajstić information content (AvgIpc) is 1.86. The van der Waals surface area contributed by atoms with Crippen molar-refractivity contribution in [2.75, 3.05) is 5.75 Å². The van der Waals surface area contributed by atoms with Gasteiger partial charge in [-0.15, -0.1) is 11.6 Å². The molecule has 1 rings (SSSR count). The van der Waals surface area contributed by atoms with Gasteiger partial charge < -0.3 is 0 Å². The number of hydrogen-bond acceptors (Lipinski definition) is 2. The van der Waals surface area contributed by atoms with Gasteiger partial charge in [0.05, 0.1) is 5.50 Å². The van der Waals surface area contributed by atoms with Crippen molar-refractivity contribution < 1.29 is 0 Å². The molecule has 1 radical (unpaired) electrons. The molecule has 1 atom stereocenters. The highest BCUT2D eigenvalue weighted by Crippen LogP contribution is 2.13. The lowest BCUT2D eigenvalue weighted by molar-refractivity contribution is 1.01. The first-order valence-corrected chi connectivity index (χ1v) is 3.16. The molecule has 1 nitrogen and oxygen atoms in total. The van der Waals surface area contributed by atoms with Crippen LogP contribution in [0.25, 0.3) is 0 Å². The Labute approximate surface area is 46.6 Å². The summed E-state index contributed by atoms with van der Waals surface area (Å²) in [4.78, 5) is 0. The molecule has 0 saturated carbocycles. The lowest BCUT2D eigenvalue weighted by atomic mass is 10.5. The zero-order valence-corrected chi connectivity index (χ0v) is 4.72. The highest BCUT2D eigenvalue weighted by molar-refractivity contribution is 7.97. The maximum atomic E-state index is 5.52. The second-order valence-electron chi connectivity index (χ2n) is 1.07. The van der Waals surface area contributed by atoms with Gasteiger partial charge in [0.15, 0.2) is 0 Å². The predicted octanol–water partition coefficient (Wildman–Crippen LogP) is 1.01. The molecular weight excluding hydrogens is 118 g/mol. The van der Waals surface area contributed by atoms with Crippen LogP contribution in [0.1, 0.15) is 0 Å². The largest absolute Gasteiger partial charge is 0.246 e. The normalized spacial score (nSPS) is 34.5. The fraction of sp³-hybridized carbons (Fsp3) is 0.667. The SMILES string of the molecule is ClC1[CH]CSN1. The summed E-state index contributed by atoms with van der Waals surface area (Å²) in [6, 6.07) is 0. The summed E-state index contributed by atoms with van der Waals surface area (Å²) in [5, 5.41) is 0. The number of nitrogens with one attached hydrogen (secondary N) is 1. The zero-order chi connectivity index (χ0) is 4.41. The molecule has 0 aromatic carbocycles. The third-order valence-corrected chi connectivity index (χ3v) is 1.78. The molecule has 3 heteroatoms. The number of alkyl halides is 1. The van der Waals surface area contributed by atoms with Crippen LogP contribution < -0.4 is 4.72 Å². The summed E-state index contributed by atoms with van der Waals surface area (Å²) in [5.41, 5.74) is 0.106. The van der Waals surface area contributed by atoms with Crippen molar-refractivity contribution in [3.63, 3.8) is 0 Å². The minimum atomic E-state index is 0.106. The Hall–Kier alpha value is 0.600. The Bertz CT molecular complexity index is 44.1. The van der Waals surface area contributed by atoms with Crippen molar-refractivity contribution in [2.45, 2.75) is 5.50 Å². The molecule has 0 aromatic rings. The summed E-state index contributed by atoms with van der Waals surface area (Å²) in [7, 11) is 0. The maximum absolute atomic E-state index is 5.52. The fourth-order valence-electron chi connectivity index (χ4n) is 0.308. The molecule has 1 saturated heterocycles. The van der Waals surface area contributed by atoms with Crippen molar-refractivity contribution >= 4 is 23.5 Å². The minimum absolute atomic E-state index is 0.106. The van der Waals surface area contributed by atoms with Gasteiger partial charge in [-0.2, -0.15) is 0 Å². The molecule has 35 valence electrons. The lowest BCUT2D eigenvalue weighted by Gasteiger charge is -1.90. The first kappa shape index (κ1) is 4.75. The van der Waals surface area contributed by atoms with Gasteiger partial charge in [-0.05, 0) is 0 Å². The summed E-state index contributed by atoms with van der Waals surface area (Å²) in [5.74, 6) is 1.04. The van der Waals surface area contributed by atoms with E-state index in [1.165, 1.54) is 0 Å². The van der Waals surface area contributed by atoms with Crippen LogP contribution in [0.4, 0.5) is 0 Å². The van der Waals surface area contributed by atoms with Crippen molar-refractivity contribution in [2.24, 2.45) is 0 Å². The Morgan fingerprint density at radius 3 is 3.00 bits per heavy atom. The van der Waals surface area contributed by atoms with Crippen molar-refractivity contribution in [3.05, 3.63) is 6.42 Å². The number of rotatable bonds is 0. The monoisotopic (exact) mass is 122 g/mol. The van der Waals surface area contributed by atoms with Gasteiger partial charge in [0, 0.05) is 12.2 Å². The summed E-state index contributed by atoms with van der Waals surface area (Å²) < 4.78 is 2.95. The Balaban J connectivity index is 2.18. The minimum Gasteiger partial charge on any atom is -0.246 e. The van der Waals surface area contributed by atoms with E-state index in [0.717, 1.165) is 5.75 Å². The van der Waals surface area contributed by atoms with E-state index in [9.17, 15) is 0 Å². The third kappa shape index (κ3) is 1.03. The molecule has 0 spiro atoms. The van der Waals surface area contributed by atoms with E-state index in [1.54, 1.807) is 11.9 Å². The second kappa shape index (κ2) is 2.05. The average molecular weight is 123 g/mol. The molecule has 1 unspecified atom stereocenters. The number of halogens is 1. The van der Waals surface area contributed by atoms with Gasteiger partial charge >= 0.3 is 0 Å². The van der Waals surface area contributed by atoms with E-state index in [4.69, 9.17) is 11.6 Å². The molecule has 6 heavy (non-hydrogen) atoms. The Morgan fingerprint density at radius 2 is 2.83 bits per heavy atom. The molecule has 1 N–H and O–H groups in total. The van der Waals surface area contributed by atoms with Crippen molar-refractivity contribution in [1.82, 2.24) is 4.72 Å². The van der Waals surface area contributed by atoms with E-state index in [-0.39, 0.29) is 5.50 Å². The fourth-order valence-corrected chi connectivity index (χ4v) is 1.33. The molecule has 1 heterocycles. The van der Waals surface area contributed by atoms with Crippen LogP contribution in [0, 0.1) is 6.42 Å². The molecule has 1 aliphatic rings. The molecular formula is C3H5ClNS. The summed E-state index contributed by atoms with van der Waals surface area (Å²) >= 11 is 7.17. The number of hydrogen-bond donors (Lipinski definition) is 1. The van der Waals surface area contributed by atoms with Gasteiger partial charge in [-0.3, -0.25) is 0 Å². The van der Waals surface area contributed by atoms with E-state index in [0.29, 0.717) is 0 Å². The summed E-state index contributed by atoms with van der Waals surface area (Å²) in [6.07, 6.45) is 2.02. The van der Waals surface area contributed by atoms with Gasteiger partial charge in [0.1, 0.15) is 0 Å². The molecule has 0 aromatic heterocycles. The van der Waals surface area contributed by atoms with E-state index >= 15 is 0 Å². The van der Waals surface area contributed by atoms with Gasteiger partial charge in [0.2, 0.25) is 0 Å². The standard InChI is InChI=1S/C3H5ClNS/c4-3-1-2-6-5-3/h1,3,5H,2H2. The smallest absolute Gasteiger partial charge is 0.0955 e. The maximum Gasteiger partial charge on any atom is 0.0955 e. The van der Waals surface area contributed by atoms with Crippen LogP contribution in [0.15, 0.2) is 0 Å². The lowest BCUT2D eigenvalue weighted by Crippen LogP contribution is -2.06. The summed E-state index contributed by atoms with van der Waals surface area (Å²) in [6.45, 7) is 0. The van der Waals surface area contributed by atoms with Gasteiger partial charge in [-0.25, -0.2) is 4.72 Å². The zero-order valence-electron chi connectivity index (χ0n) is 3.15. The molecule has 1 fully saturated rings. The molecule has 0 amide bonds. The van der Waals surface area contributed by atoms with E-state index in [2.05, 4.69) is 4.72 Å². The van der Waals surface area contributed by atoms with Crippen LogP contribution in [0.3, 0.4) is 0 Å². The predicted molar refractivity (Wildman–Crippen MR) is 29.5 cm³/mol. The van der Waals surface area contributed by atoms with Crippen LogP contribution in [-0.4, -0.2) is 11.3 Å². The Morgan fingerprint density at radius 1 is 2.00 bits per heavy atom. The van der Waals surface area contributed by atoms with Gasteiger partial charge in [-0.1, -0.05) is 11.9 Å². The quantitative estimate of drug-likeness (QED) is 0.292. The highest BCUT2D eigenvalue weighted by Gasteiger charge is 2.09. The van der Waals surface area contributed by atoms with Gasteiger partial charge in [0.25, 0.3) is 0 Å². The third-order valence-electron chi connectivity index (χ3n) is 0.582. The Kier molecular flexibility index (Phi) is 1.62. The molecule has 1 aliphatic heterocycles. The highest BCUT2D eigenvalue weighted by atomic mass is 35.5. The van der Waals surface area contributed by atoms with Crippen LogP contribution in [0.2, 0.25) is 0 Å². The van der Waals surface area contributed by atoms with Crippen molar-refractivity contribution in [3.8, 4) is 0 Å². The van der Waals surface area contributed by atoms with Crippen molar-refractivity contribution in [1.29, 1.82) is 0 Å². The second-order valence-corrected chi connectivity index (χ2v) is 2.39. The molecule has 0 bridgehead atoms. The van der Waals surface area contributed by atoms with E-state index < -0.39 is 0 Å². The molecule has 0 aliphatic carbocycles.